The van der Waals surface area contributed by atoms with Gasteiger partial charge < -0.3 is 19.7 Å². The summed E-state index contributed by atoms with van der Waals surface area (Å²) in [7, 11) is 1.61. The first-order chi connectivity index (χ1) is 9.56. The highest BCUT2D eigenvalue weighted by atomic mass is 16.5. The van der Waals surface area contributed by atoms with Crippen LogP contribution in [-0.2, 0) is 6.42 Å². The van der Waals surface area contributed by atoms with Gasteiger partial charge in [0.15, 0.2) is 0 Å². The lowest BCUT2D eigenvalue weighted by molar-refractivity contribution is -0.0738. The maximum atomic E-state index is 10.2. The zero-order valence-electron chi connectivity index (χ0n) is 11.5. The average molecular weight is 275 g/mol. The molecule has 2 aromatic rings. The van der Waals surface area contributed by atoms with E-state index in [9.17, 15) is 10.2 Å². The number of pyridine rings is 1. The summed E-state index contributed by atoms with van der Waals surface area (Å²) in [5, 5.41) is 20.3. The Bertz CT molecular complexity index is 654. The molecule has 1 unspecified atom stereocenters. The van der Waals surface area contributed by atoms with Gasteiger partial charge in [-0.25, -0.2) is 4.98 Å². The number of benzene rings is 1. The Labute approximate surface area is 116 Å². The number of methoxy groups -OCH3 is 1. The minimum atomic E-state index is -1.31. The highest BCUT2D eigenvalue weighted by Gasteiger charge is 2.40. The maximum Gasteiger partial charge on any atom is 0.221 e. The molecule has 0 aliphatic carbocycles. The SMILES string of the molecule is COc1c2c(nc3ccccc13)O[C@@H](C(C)(O)CO)C2. The highest BCUT2D eigenvalue weighted by molar-refractivity contribution is 5.87. The van der Waals surface area contributed by atoms with E-state index in [0.29, 0.717) is 12.3 Å². The van der Waals surface area contributed by atoms with Crippen LogP contribution in [0.25, 0.3) is 10.9 Å². The van der Waals surface area contributed by atoms with Gasteiger partial charge in [-0.15, -0.1) is 0 Å². The van der Waals surface area contributed by atoms with Crippen LogP contribution in [0.15, 0.2) is 24.3 Å². The van der Waals surface area contributed by atoms with Crippen LogP contribution >= 0.6 is 0 Å². The van der Waals surface area contributed by atoms with Gasteiger partial charge in [0.05, 0.1) is 24.8 Å². The Kier molecular flexibility index (Phi) is 3.03. The molecule has 20 heavy (non-hydrogen) atoms. The molecule has 0 saturated carbocycles. The number of rotatable bonds is 3. The van der Waals surface area contributed by atoms with Crippen LogP contribution < -0.4 is 9.47 Å². The molecule has 5 heteroatoms. The van der Waals surface area contributed by atoms with Crippen molar-refractivity contribution in [1.29, 1.82) is 0 Å². The smallest absolute Gasteiger partial charge is 0.221 e. The van der Waals surface area contributed by atoms with Crippen molar-refractivity contribution in [2.45, 2.75) is 25.0 Å². The van der Waals surface area contributed by atoms with Crippen LogP contribution in [0.5, 0.6) is 11.6 Å². The predicted octanol–water partition coefficient (Wildman–Crippen LogP) is 1.29. The lowest BCUT2D eigenvalue weighted by Crippen LogP contribution is -2.45. The first-order valence-electron chi connectivity index (χ1n) is 6.52. The summed E-state index contributed by atoms with van der Waals surface area (Å²) < 4.78 is 11.2. The zero-order chi connectivity index (χ0) is 14.3. The van der Waals surface area contributed by atoms with Crippen molar-refractivity contribution >= 4 is 10.9 Å². The van der Waals surface area contributed by atoms with Gasteiger partial charge in [-0.2, -0.15) is 0 Å². The van der Waals surface area contributed by atoms with E-state index in [4.69, 9.17) is 9.47 Å². The Morgan fingerprint density at radius 2 is 2.20 bits per heavy atom. The second-order valence-electron chi connectivity index (χ2n) is 5.27. The summed E-state index contributed by atoms with van der Waals surface area (Å²) in [5.74, 6) is 1.20. The van der Waals surface area contributed by atoms with Gasteiger partial charge in [0.1, 0.15) is 17.5 Å². The molecule has 2 atom stereocenters. The van der Waals surface area contributed by atoms with Crippen LogP contribution in [-0.4, -0.2) is 40.6 Å². The molecular weight excluding hydrogens is 258 g/mol. The molecule has 0 amide bonds. The number of hydrogen-bond acceptors (Lipinski definition) is 5. The van der Waals surface area contributed by atoms with Crippen molar-refractivity contribution in [1.82, 2.24) is 4.98 Å². The predicted molar refractivity (Wildman–Crippen MR) is 74.1 cm³/mol. The molecule has 0 saturated heterocycles. The summed E-state index contributed by atoms with van der Waals surface area (Å²) in [6.07, 6.45) is -0.0649. The van der Waals surface area contributed by atoms with Crippen molar-refractivity contribution in [3.63, 3.8) is 0 Å². The van der Waals surface area contributed by atoms with Gasteiger partial charge in [0.25, 0.3) is 0 Å². The van der Waals surface area contributed by atoms with Gasteiger partial charge in [-0.3, -0.25) is 0 Å². The van der Waals surface area contributed by atoms with Crippen LogP contribution in [0.1, 0.15) is 12.5 Å². The number of ether oxygens (including phenoxy) is 2. The minimum Gasteiger partial charge on any atom is -0.496 e. The van der Waals surface area contributed by atoms with Gasteiger partial charge in [-0.05, 0) is 19.1 Å². The van der Waals surface area contributed by atoms with Gasteiger partial charge in [-0.1, -0.05) is 12.1 Å². The van der Waals surface area contributed by atoms with Crippen molar-refractivity contribution in [3.8, 4) is 11.6 Å². The maximum absolute atomic E-state index is 10.2. The normalized spacial score (nSPS) is 20.3. The van der Waals surface area contributed by atoms with Crippen LogP contribution in [0.4, 0.5) is 0 Å². The van der Waals surface area contributed by atoms with Gasteiger partial charge in [0.2, 0.25) is 5.88 Å². The lowest BCUT2D eigenvalue weighted by atomic mass is 9.95. The molecule has 1 aromatic carbocycles. The zero-order valence-corrected chi connectivity index (χ0v) is 11.5. The molecule has 0 spiro atoms. The molecule has 1 aliphatic rings. The molecule has 0 bridgehead atoms. The van der Waals surface area contributed by atoms with Gasteiger partial charge >= 0.3 is 0 Å². The fourth-order valence-electron chi connectivity index (χ4n) is 2.52. The Balaban J connectivity index is 2.12. The first-order valence-corrected chi connectivity index (χ1v) is 6.52. The molecule has 3 rings (SSSR count). The number of aromatic nitrogens is 1. The van der Waals surface area contributed by atoms with Crippen molar-refractivity contribution in [2.75, 3.05) is 13.7 Å². The largest absolute Gasteiger partial charge is 0.496 e. The number of para-hydroxylation sites is 1. The molecule has 106 valence electrons. The second-order valence-corrected chi connectivity index (χ2v) is 5.27. The van der Waals surface area contributed by atoms with Crippen molar-refractivity contribution < 1.29 is 19.7 Å². The lowest BCUT2D eigenvalue weighted by Gasteiger charge is -2.26. The highest BCUT2D eigenvalue weighted by Crippen LogP contribution is 2.41. The van der Waals surface area contributed by atoms with E-state index in [0.717, 1.165) is 22.2 Å². The molecule has 5 nitrogen and oxygen atoms in total. The van der Waals surface area contributed by atoms with E-state index in [1.165, 1.54) is 0 Å². The number of aliphatic hydroxyl groups excluding tert-OH is 1. The van der Waals surface area contributed by atoms with E-state index < -0.39 is 11.7 Å². The van der Waals surface area contributed by atoms with E-state index in [1.807, 2.05) is 24.3 Å². The van der Waals surface area contributed by atoms with Crippen molar-refractivity contribution in [2.24, 2.45) is 0 Å². The molecular formula is C15H17NO4. The molecule has 1 aliphatic heterocycles. The summed E-state index contributed by atoms with van der Waals surface area (Å²) in [6.45, 7) is 1.18. The van der Waals surface area contributed by atoms with Crippen LogP contribution in [0.2, 0.25) is 0 Å². The third kappa shape index (κ3) is 1.90. The Morgan fingerprint density at radius 1 is 1.45 bits per heavy atom. The molecule has 2 heterocycles. The summed E-state index contributed by atoms with van der Waals surface area (Å²) in [6, 6.07) is 7.66. The third-order valence-corrected chi connectivity index (χ3v) is 3.76. The first kappa shape index (κ1) is 13.1. The second kappa shape index (κ2) is 4.61. The number of nitrogens with zero attached hydrogens (tertiary/aromatic N) is 1. The van der Waals surface area contributed by atoms with E-state index in [2.05, 4.69) is 4.98 Å². The van der Waals surface area contributed by atoms with Crippen LogP contribution in [0, 0.1) is 0 Å². The monoisotopic (exact) mass is 275 g/mol. The summed E-state index contributed by atoms with van der Waals surface area (Å²) >= 11 is 0. The number of fused-ring (bicyclic) bond motifs is 2. The topological polar surface area (TPSA) is 71.8 Å². The molecule has 0 radical (unpaired) electrons. The molecule has 2 N–H and O–H groups in total. The van der Waals surface area contributed by atoms with E-state index >= 15 is 0 Å². The fraction of sp³-hybridized carbons (Fsp3) is 0.400. The molecule has 1 aromatic heterocycles. The quantitative estimate of drug-likeness (QED) is 0.883. The van der Waals surface area contributed by atoms with Crippen LogP contribution in [0.3, 0.4) is 0 Å². The van der Waals surface area contributed by atoms with E-state index in [-0.39, 0.29) is 6.61 Å². The summed E-state index contributed by atoms with van der Waals surface area (Å²) in [4.78, 5) is 4.47. The molecule has 0 fully saturated rings. The Morgan fingerprint density at radius 3 is 2.90 bits per heavy atom. The van der Waals surface area contributed by atoms with Gasteiger partial charge in [0, 0.05) is 11.8 Å². The average Bonchev–Trinajstić information content (AvgIpc) is 2.88. The van der Waals surface area contributed by atoms with E-state index in [1.54, 1.807) is 14.0 Å². The summed E-state index contributed by atoms with van der Waals surface area (Å²) in [5.41, 5.74) is 0.315. The number of aliphatic hydroxyl groups is 2. The number of hydrogen-bond donors (Lipinski definition) is 2. The standard InChI is InChI=1S/C15H17NO4/c1-15(18,8-17)12-7-10-13(19-2)9-5-3-4-6-11(9)16-14(10)20-12/h3-6,12,17-18H,7-8H2,1-2H3/t12-,15?/m1/s1. The van der Waals surface area contributed by atoms with Crippen molar-refractivity contribution in [3.05, 3.63) is 29.8 Å². The fourth-order valence-corrected chi connectivity index (χ4v) is 2.52. The minimum absolute atomic E-state index is 0.368. The third-order valence-electron chi connectivity index (χ3n) is 3.76. The Hall–Kier alpha value is -1.85.